The topological polar surface area (TPSA) is 23.6 Å². The van der Waals surface area contributed by atoms with Crippen LogP contribution in [0.15, 0.2) is 24.3 Å². The molecule has 0 saturated carbocycles. The Morgan fingerprint density at radius 2 is 1.95 bits per heavy atom. The van der Waals surface area contributed by atoms with Gasteiger partial charge in [0.05, 0.1) is 0 Å². The Morgan fingerprint density at radius 1 is 1.30 bits per heavy atom. The molecule has 20 heavy (non-hydrogen) atoms. The molecule has 0 N–H and O–H groups in total. The molecule has 1 saturated heterocycles. The molecule has 0 amide bonds. The zero-order valence-electron chi connectivity index (χ0n) is 12.9. The number of para-hydroxylation sites is 1. The van der Waals surface area contributed by atoms with Crippen LogP contribution in [0, 0.1) is 5.92 Å². The predicted octanol–water partition coefficient (Wildman–Crippen LogP) is 3.06. The van der Waals surface area contributed by atoms with Crippen molar-refractivity contribution >= 4 is 11.5 Å². The number of Topliss-reactive ketones (excluding diaryl/α,β-unsaturated/α-hetero) is 1. The van der Waals surface area contributed by atoms with Crippen LogP contribution in [0.5, 0.6) is 0 Å². The Bertz CT molecular complexity index is 450. The quantitative estimate of drug-likeness (QED) is 0.771. The predicted molar refractivity (Wildman–Crippen MR) is 84.6 cm³/mol. The van der Waals surface area contributed by atoms with Gasteiger partial charge in [0.15, 0.2) is 5.78 Å². The van der Waals surface area contributed by atoms with E-state index in [0.29, 0.717) is 6.42 Å². The summed E-state index contributed by atoms with van der Waals surface area (Å²) in [5.74, 6) is 0.969. The summed E-state index contributed by atoms with van der Waals surface area (Å²) < 4.78 is 0. The van der Waals surface area contributed by atoms with Gasteiger partial charge in [0.2, 0.25) is 0 Å². The molecule has 1 heterocycles. The molecule has 1 fully saturated rings. The van der Waals surface area contributed by atoms with Gasteiger partial charge < -0.3 is 9.80 Å². The van der Waals surface area contributed by atoms with Crippen LogP contribution in [0.3, 0.4) is 0 Å². The Labute approximate surface area is 122 Å². The van der Waals surface area contributed by atoms with Gasteiger partial charge in [0, 0.05) is 31.3 Å². The van der Waals surface area contributed by atoms with Crippen LogP contribution in [-0.2, 0) is 0 Å². The number of carbonyl (C=O) groups is 1. The fraction of sp³-hybridized carbons (Fsp3) is 0.588. The van der Waals surface area contributed by atoms with Gasteiger partial charge in [-0.2, -0.15) is 0 Å². The first kappa shape index (κ1) is 15.0. The van der Waals surface area contributed by atoms with E-state index in [1.807, 2.05) is 25.1 Å². The molecule has 1 aliphatic rings. The number of nitrogens with zero attached hydrogens (tertiary/aromatic N) is 2. The molecule has 1 aromatic rings. The Balaban J connectivity index is 2.05. The average Bonchev–Trinajstić information content (AvgIpc) is 2.48. The van der Waals surface area contributed by atoms with Crippen LogP contribution in [0.2, 0.25) is 0 Å². The van der Waals surface area contributed by atoms with Gasteiger partial charge in [-0.1, -0.05) is 19.1 Å². The summed E-state index contributed by atoms with van der Waals surface area (Å²) >= 11 is 0. The van der Waals surface area contributed by atoms with Crippen molar-refractivity contribution in [3.8, 4) is 0 Å². The second kappa shape index (κ2) is 6.89. The van der Waals surface area contributed by atoms with Crippen molar-refractivity contribution in [2.24, 2.45) is 5.92 Å². The molecule has 0 atom stereocenters. The number of benzene rings is 1. The molecule has 2 rings (SSSR count). The highest BCUT2D eigenvalue weighted by molar-refractivity contribution is 6.01. The van der Waals surface area contributed by atoms with Crippen molar-refractivity contribution < 1.29 is 4.79 Å². The summed E-state index contributed by atoms with van der Waals surface area (Å²) in [6, 6.07) is 7.99. The highest BCUT2D eigenvalue weighted by Crippen LogP contribution is 2.24. The van der Waals surface area contributed by atoms with Crippen molar-refractivity contribution in [2.45, 2.75) is 26.2 Å². The number of piperidine rings is 1. The van der Waals surface area contributed by atoms with E-state index in [1.54, 1.807) is 0 Å². The molecular formula is C17H26N2O. The van der Waals surface area contributed by atoms with Gasteiger partial charge in [-0.15, -0.1) is 0 Å². The van der Waals surface area contributed by atoms with E-state index in [4.69, 9.17) is 0 Å². The fourth-order valence-corrected chi connectivity index (χ4v) is 2.96. The average molecular weight is 274 g/mol. The van der Waals surface area contributed by atoms with Crippen LogP contribution >= 0.6 is 0 Å². The minimum atomic E-state index is 0.232. The van der Waals surface area contributed by atoms with E-state index in [1.165, 1.54) is 25.9 Å². The highest BCUT2D eigenvalue weighted by Gasteiger charge is 2.20. The number of likely N-dealkylation sites (tertiary alicyclic amines) is 1. The summed E-state index contributed by atoms with van der Waals surface area (Å²) in [7, 11) is 4.30. The van der Waals surface area contributed by atoms with Gasteiger partial charge in [-0.3, -0.25) is 4.79 Å². The third kappa shape index (κ3) is 3.60. The lowest BCUT2D eigenvalue weighted by atomic mass is 9.96. The van der Waals surface area contributed by atoms with Crippen LogP contribution in [0.4, 0.5) is 5.69 Å². The normalized spacial score (nSPS) is 17.1. The van der Waals surface area contributed by atoms with Gasteiger partial charge in [-0.25, -0.2) is 0 Å². The first-order chi connectivity index (χ1) is 9.61. The number of rotatable bonds is 5. The second-order valence-electron chi connectivity index (χ2n) is 5.92. The minimum Gasteiger partial charge on any atom is -0.374 e. The maximum absolute atomic E-state index is 12.0. The van der Waals surface area contributed by atoms with E-state index < -0.39 is 0 Å². The van der Waals surface area contributed by atoms with Gasteiger partial charge >= 0.3 is 0 Å². The first-order valence-corrected chi connectivity index (χ1v) is 7.63. The summed E-state index contributed by atoms with van der Waals surface area (Å²) in [4.78, 5) is 16.7. The largest absolute Gasteiger partial charge is 0.374 e. The lowest BCUT2D eigenvalue weighted by molar-refractivity contribution is 0.0988. The molecule has 0 aliphatic carbocycles. The van der Waals surface area contributed by atoms with Crippen molar-refractivity contribution in [1.82, 2.24) is 4.90 Å². The lowest BCUT2D eigenvalue weighted by Gasteiger charge is -2.33. The Hall–Kier alpha value is -1.35. The van der Waals surface area contributed by atoms with Crippen molar-refractivity contribution in [3.63, 3.8) is 0 Å². The maximum Gasteiger partial charge on any atom is 0.164 e. The number of ketones is 1. The molecule has 110 valence electrons. The zero-order chi connectivity index (χ0) is 14.5. The van der Waals surface area contributed by atoms with Gasteiger partial charge in [0.25, 0.3) is 0 Å². The number of anilines is 1. The van der Waals surface area contributed by atoms with E-state index in [2.05, 4.69) is 30.0 Å². The molecule has 0 radical (unpaired) electrons. The molecular weight excluding hydrogens is 248 g/mol. The molecule has 0 unspecified atom stereocenters. The number of hydrogen-bond acceptors (Lipinski definition) is 3. The highest BCUT2D eigenvalue weighted by atomic mass is 16.1. The Kier molecular flexibility index (Phi) is 5.18. The van der Waals surface area contributed by atoms with Crippen LogP contribution < -0.4 is 4.90 Å². The maximum atomic E-state index is 12.0. The lowest BCUT2D eigenvalue weighted by Crippen LogP contribution is -2.36. The third-order valence-electron chi connectivity index (χ3n) is 4.31. The molecule has 1 aliphatic heterocycles. The first-order valence-electron chi connectivity index (χ1n) is 7.63. The SMILES string of the molecule is CCC(=O)c1ccccc1N(C)CC1CCN(C)CC1. The van der Waals surface area contributed by atoms with Gasteiger partial charge in [0.1, 0.15) is 0 Å². The van der Waals surface area contributed by atoms with Crippen molar-refractivity contribution in [2.75, 3.05) is 38.6 Å². The molecule has 3 nitrogen and oxygen atoms in total. The third-order valence-corrected chi connectivity index (χ3v) is 4.31. The molecule has 0 bridgehead atoms. The molecule has 0 aromatic heterocycles. The van der Waals surface area contributed by atoms with E-state index in [-0.39, 0.29) is 5.78 Å². The van der Waals surface area contributed by atoms with Crippen LogP contribution in [-0.4, -0.2) is 44.4 Å². The van der Waals surface area contributed by atoms with Crippen molar-refractivity contribution in [1.29, 1.82) is 0 Å². The summed E-state index contributed by atoms with van der Waals surface area (Å²) in [6.07, 6.45) is 3.08. The van der Waals surface area contributed by atoms with Gasteiger partial charge in [-0.05, 0) is 51.0 Å². The fourth-order valence-electron chi connectivity index (χ4n) is 2.96. The van der Waals surface area contributed by atoms with Crippen molar-refractivity contribution in [3.05, 3.63) is 29.8 Å². The molecule has 3 heteroatoms. The summed E-state index contributed by atoms with van der Waals surface area (Å²) in [5.41, 5.74) is 1.95. The monoisotopic (exact) mass is 274 g/mol. The standard InChI is InChI=1S/C17H26N2O/c1-4-17(20)15-7-5-6-8-16(15)19(3)13-14-9-11-18(2)12-10-14/h5-8,14H,4,9-13H2,1-3H3. The van der Waals surface area contributed by atoms with E-state index in [9.17, 15) is 4.79 Å². The Morgan fingerprint density at radius 3 is 2.60 bits per heavy atom. The van der Waals surface area contributed by atoms with Crippen LogP contribution in [0.25, 0.3) is 0 Å². The summed E-state index contributed by atoms with van der Waals surface area (Å²) in [6.45, 7) is 5.35. The second-order valence-corrected chi connectivity index (χ2v) is 5.92. The van der Waals surface area contributed by atoms with Crippen LogP contribution in [0.1, 0.15) is 36.5 Å². The van der Waals surface area contributed by atoms with E-state index >= 15 is 0 Å². The zero-order valence-corrected chi connectivity index (χ0v) is 12.9. The van der Waals surface area contributed by atoms with E-state index in [0.717, 1.165) is 23.7 Å². The molecule has 1 aromatic carbocycles. The number of hydrogen-bond donors (Lipinski definition) is 0. The number of carbonyl (C=O) groups excluding carboxylic acids is 1. The molecule has 0 spiro atoms. The minimum absolute atomic E-state index is 0.232. The summed E-state index contributed by atoms with van der Waals surface area (Å²) in [5, 5.41) is 0. The smallest absolute Gasteiger partial charge is 0.164 e.